The Morgan fingerprint density at radius 3 is 2.63 bits per heavy atom. The van der Waals surface area contributed by atoms with Crippen molar-refractivity contribution in [1.82, 2.24) is 10.2 Å². The molecule has 0 aliphatic carbocycles. The van der Waals surface area contributed by atoms with Crippen molar-refractivity contribution in [3.05, 3.63) is 0 Å². The maximum atomic E-state index is 3.65. The standard InChI is InChI=1S/C17H34N2/c1-5-8-17(9-6-10-18-13-17)14-19-11-7-15(12-19)16(2,3)4/h15,18H,5-14H2,1-4H3. The monoisotopic (exact) mass is 266 g/mol. The van der Waals surface area contributed by atoms with E-state index in [4.69, 9.17) is 0 Å². The van der Waals surface area contributed by atoms with E-state index in [0.29, 0.717) is 10.8 Å². The van der Waals surface area contributed by atoms with Crippen LogP contribution < -0.4 is 5.32 Å². The predicted molar refractivity (Wildman–Crippen MR) is 83.4 cm³/mol. The van der Waals surface area contributed by atoms with Gasteiger partial charge in [0.2, 0.25) is 0 Å². The quantitative estimate of drug-likeness (QED) is 0.837. The molecular weight excluding hydrogens is 232 g/mol. The van der Waals surface area contributed by atoms with Gasteiger partial charge in [-0.2, -0.15) is 0 Å². The van der Waals surface area contributed by atoms with E-state index in [1.54, 1.807) is 0 Å². The Labute approximate surface area is 120 Å². The summed E-state index contributed by atoms with van der Waals surface area (Å²) in [6.07, 6.45) is 6.94. The van der Waals surface area contributed by atoms with Crippen molar-refractivity contribution >= 4 is 0 Å². The Morgan fingerprint density at radius 2 is 2.11 bits per heavy atom. The fraction of sp³-hybridized carbons (Fsp3) is 1.00. The van der Waals surface area contributed by atoms with Gasteiger partial charge in [0, 0.05) is 19.6 Å². The molecule has 2 atom stereocenters. The third-order valence-electron chi connectivity index (χ3n) is 5.40. The van der Waals surface area contributed by atoms with Crippen molar-refractivity contribution in [3.63, 3.8) is 0 Å². The van der Waals surface area contributed by atoms with Gasteiger partial charge in [-0.1, -0.05) is 34.1 Å². The van der Waals surface area contributed by atoms with Crippen molar-refractivity contribution in [3.8, 4) is 0 Å². The average Bonchev–Trinajstić information content (AvgIpc) is 2.78. The molecule has 0 radical (unpaired) electrons. The first-order chi connectivity index (χ1) is 8.95. The van der Waals surface area contributed by atoms with E-state index in [-0.39, 0.29) is 0 Å². The fourth-order valence-corrected chi connectivity index (χ4v) is 4.15. The maximum Gasteiger partial charge on any atom is 0.00503 e. The largest absolute Gasteiger partial charge is 0.316 e. The third-order valence-corrected chi connectivity index (χ3v) is 5.40. The summed E-state index contributed by atoms with van der Waals surface area (Å²) in [5.74, 6) is 0.891. The molecule has 2 fully saturated rings. The second-order valence-corrected chi connectivity index (χ2v) is 8.12. The topological polar surface area (TPSA) is 15.3 Å². The van der Waals surface area contributed by atoms with Crippen molar-refractivity contribution in [1.29, 1.82) is 0 Å². The average molecular weight is 266 g/mol. The van der Waals surface area contributed by atoms with E-state index < -0.39 is 0 Å². The second kappa shape index (κ2) is 6.13. The van der Waals surface area contributed by atoms with Gasteiger partial charge in [-0.25, -0.2) is 0 Å². The lowest BCUT2D eigenvalue weighted by molar-refractivity contribution is 0.113. The van der Waals surface area contributed by atoms with Gasteiger partial charge in [-0.3, -0.25) is 0 Å². The highest BCUT2D eigenvalue weighted by atomic mass is 15.2. The Kier molecular flexibility index (Phi) is 4.94. The van der Waals surface area contributed by atoms with Gasteiger partial charge in [0.25, 0.3) is 0 Å². The third kappa shape index (κ3) is 3.95. The van der Waals surface area contributed by atoms with E-state index in [1.165, 1.54) is 64.8 Å². The molecule has 2 aliphatic rings. The summed E-state index contributed by atoms with van der Waals surface area (Å²) in [5, 5.41) is 3.65. The van der Waals surface area contributed by atoms with E-state index >= 15 is 0 Å². The van der Waals surface area contributed by atoms with E-state index in [2.05, 4.69) is 37.9 Å². The van der Waals surface area contributed by atoms with Crippen LogP contribution in [0.1, 0.15) is 59.8 Å². The van der Waals surface area contributed by atoms with Crippen LogP contribution in [0, 0.1) is 16.7 Å². The van der Waals surface area contributed by atoms with Gasteiger partial charge in [-0.05, 0) is 55.5 Å². The molecule has 0 bridgehead atoms. The van der Waals surface area contributed by atoms with Crippen molar-refractivity contribution < 1.29 is 0 Å². The van der Waals surface area contributed by atoms with Crippen LogP contribution in [0.15, 0.2) is 0 Å². The molecular formula is C17H34N2. The zero-order valence-corrected chi connectivity index (χ0v) is 13.6. The summed E-state index contributed by atoms with van der Waals surface area (Å²) in [7, 11) is 0. The summed E-state index contributed by atoms with van der Waals surface area (Å²) in [5.41, 5.74) is 1.05. The van der Waals surface area contributed by atoms with Gasteiger partial charge in [0.15, 0.2) is 0 Å². The molecule has 0 amide bonds. The summed E-state index contributed by atoms with van der Waals surface area (Å²) in [6.45, 7) is 16.0. The highest BCUT2D eigenvalue weighted by Crippen LogP contribution is 2.37. The Balaban J connectivity index is 1.92. The predicted octanol–water partition coefficient (Wildman–Crippen LogP) is 3.52. The highest BCUT2D eigenvalue weighted by Gasteiger charge is 2.37. The van der Waals surface area contributed by atoms with Gasteiger partial charge in [0.1, 0.15) is 0 Å². The summed E-state index contributed by atoms with van der Waals surface area (Å²) in [4.78, 5) is 2.76. The first-order valence-electron chi connectivity index (χ1n) is 8.38. The molecule has 2 unspecified atom stereocenters. The lowest BCUT2D eigenvalue weighted by Gasteiger charge is -2.41. The van der Waals surface area contributed by atoms with Crippen LogP contribution >= 0.6 is 0 Å². The van der Waals surface area contributed by atoms with Crippen molar-refractivity contribution in [2.45, 2.75) is 59.8 Å². The number of hydrogen-bond acceptors (Lipinski definition) is 2. The van der Waals surface area contributed by atoms with Crippen molar-refractivity contribution in [2.75, 3.05) is 32.7 Å². The summed E-state index contributed by atoms with van der Waals surface area (Å²) in [6, 6.07) is 0. The number of piperidine rings is 1. The molecule has 2 nitrogen and oxygen atoms in total. The number of nitrogens with zero attached hydrogens (tertiary/aromatic N) is 1. The fourth-order valence-electron chi connectivity index (χ4n) is 4.15. The van der Waals surface area contributed by atoms with Crippen LogP contribution in [0.4, 0.5) is 0 Å². The minimum absolute atomic E-state index is 0.484. The van der Waals surface area contributed by atoms with E-state index in [1.807, 2.05) is 0 Å². The molecule has 2 saturated heterocycles. The number of nitrogens with one attached hydrogen (secondary N) is 1. The lowest BCUT2D eigenvalue weighted by Crippen LogP contribution is -2.47. The normalized spacial score (nSPS) is 33.8. The first kappa shape index (κ1) is 15.3. The molecule has 112 valence electrons. The minimum atomic E-state index is 0.484. The summed E-state index contributed by atoms with van der Waals surface area (Å²) >= 11 is 0. The molecule has 0 saturated carbocycles. The Hall–Kier alpha value is -0.0800. The molecule has 2 heterocycles. The van der Waals surface area contributed by atoms with Gasteiger partial charge < -0.3 is 10.2 Å². The number of rotatable bonds is 4. The highest BCUT2D eigenvalue weighted by molar-refractivity contribution is 4.91. The van der Waals surface area contributed by atoms with Crippen LogP contribution in [-0.4, -0.2) is 37.6 Å². The van der Waals surface area contributed by atoms with Gasteiger partial charge in [-0.15, -0.1) is 0 Å². The minimum Gasteiger partial charge on any atom is -0.316 e. The van der Waals surface area contributed by atoms with Gasteiger partial charge >= 0.3 is 0 Å². The molecule has 0 spiro atoms. The molecule has 0 aromatic rings. The van der Waals surface area contributed by atoms with Gasteiger partial charge in [0.05, 0.1) is 0 Å². The lowest BCUT2D eigenvalue weighted by atomic mass is 9.76. The van der Waals surface area contributed by atoms with Crippen LogP contribution in [0.2, 0.25) is 0 Å². The zero-order valence-electron chi connectivity index (χ0n) is 13.6. The maximum absolute atomic E-state index is 3.65. The molecule has 2 rings (SSSR count). The molecule has 2 aliphatic heterocycles. The second-order valence-electron chi connectivity index (χ2n) is 8.12. The van der Waals surface area contributed by atoms with Crippen LogP contribution in [-0.2, 0) is 0 Å². The van der Waals surface area contributed by atoms with Crippen LogP contribution in [0.3, 0.4) is 0 Å². The number of likely N-dealkylation sites (tertiary alicyclic amines) is 1. The van der Waals surface area contributed by atoms with Crippen LogP contribution in [0.5, 0.6) is 0 Å². The van der Waals surface area contributed by atoms with Crippen LogP contribution in [0.25, 0.3) is 0 Å². The number of hydrogen-bond donors (Lipinski definition) is 1. The zero-order chi connectivity index (χ0) is 13.9. The Bertz CT molecular complexity index is 268. The SMILES string of the molecule is CCCC1(CN2CCC(C(C)(C)C)C2)CCCNC1. The van der Waals surface area contributed by atoms with E-state index in [0.717, 1.165) is 5.92 Å². The molecule has 0 aromatic carbocycles. The molecule has 1 N–H and O–H groups in total. The van der Waals surface area contributed by atoms with Crippen molar-refractivity contribution in [2.24, 2.45) is 16.7 Å². The molecule has 2 heteroatoms. The summed E-state index contributed by atoms with van der Waals surface area (Å²) < 4.78 is 0. The Morgan fingerprint density at radius 1 is 1.32 bits per heavy atom. The smallest absolute Gasteiger partial charge is 0.00503 e. The molecule has 0 aromatic heterocycles. The first-order valence-corrected chi connectivity index (χ1v) is 8.38. The molecule has 19 heavy (non-hydrogen) atoms. The van der Waals surface area contributed by atoms with E-state index in [9.17, 15) is 0 Å².